The van der Waals surface area contributed by atoms with Gasteiger partial charge in [0.25, 0.3) is 0 Å². The Balaban J connectivity index is 2.33. The van der Waals surface area contributed by atoms with E-state index in [-0.39, 0.29) is 5.73 Å². The SMILES string of the molecule is CCO[Si](C)(OCC)C(CC)OCCCC1CO1. The van der Waals surface area contributed by atoms with Gasteiger partial charge in [-0.2, -0.15) is 0 Å². The van der Waals surface area contributed by atoms with Crippen molar-refractivity contribution in [3.05, 3.63) is 0 Å². The first-order chi connectivity index (χ1) is 8.66. The largest absolute Gasteiger partial charge is 0.393 e. The maximum atomic E-state index is 6.00. The molecule has 1 aliphatic heterocycles. The lowest BCUT2D eigenvalue weighted by Crippen LogP contribution is -2.52. The van der Waals surface area contributed by atoms with E-state index in [2.05, 4.69) is 13.5 Å². The first kappa shape index (κ1) is 16.1. The van der Waals surface area contributed by atoms with Crippen LogP contribution in [0.3, 0.4) is 0 Å². The Hall–Kier alpha value is 0.0569. The van der Waals surface area contributed by atoms with E-state index in [0.717, 1.165) is 32.5 Å². The lowest BCUT2D eigenvalue weighted by Gasteiger charge is -2.33. The fraction of sp³-hybridized carbons (Fsp3) is 1.00. The van der Waals surface area contributed by atoms with Crippen LogP contribution < -0.4 is 0 Å². The quantitative estimate of drug-likeness (QED) is 0.330. The topological polar surface area (TPSA) is 40.2 Å². The highest BCUT2D eigenvalue weighted by Gasteiger charge is 2.40. The first-order valence-electron chi connectivity index (χ1n) is 7.17. The number of epoxide rings is 1. The Morgan fingerprint density at radius 1 is 1.22 bits per heavy atom. The lowest BCUT2D eigenvalue weighted by molar-refractivity contribution is 0.0444. The third-order valence-corrected chi connectivity index (χ3v) is 6.68. The van der Waals surface area contributed by atoms with Crippen molar-refractivity contribution in [3.63, 3.8) is 0 Å². The van der Waals surface area contributed by atoms with Gasteiger partial charge in [0.2, 0.25) is 0 Å². The highest BCUT2D eigenvalue weighted by Crippen LogP contribution is 2.20. The Kier molecular flexibility index (Phi) is 7.40. The minimum absolute atomic E-state index is 0.123. The molecule has 1 aliphatic rings. The Labute approximate surface area is 112 Å². The van der Waals surface area contributed by atoms with Crippen molar-refractivity contribution in [2.75, 3.05) is 26.4 Å². The summed E-state index contributed by atoms with van der Waals surface area (Å²) >= 11 is 0. The van der Waals surface area contributed by atoms with Gasteiger partial charge in [0, 0.05) is 19.8 Å². The fourth-order valence-electron chi connectivity index (χ4n) is 2.21. The van der Waals surface area contributed by atoms with Crippen molar-refractivity contribution < 1.29 is 18.3 Å². The summed E-state index contributed by atoms with van der Waals surface area (Å²) in [7, 11) is -2.19. The van der Waals surface area contributed by atoms with Crippen LogP contribution in [0, 0.1) is 0 Å². The summed E-state index contributed by atoms with van der Waals surface area (Å²) in [5.41, 5.74) is 0.123. The predicted octanol–water partition coefficient (Wildman–Crippen LogP) is 2.64. The van der Waals surface area contributed by atoms with E-state index in [1.807, 2.05) is 13.8 Å². The molecule has 5 heteroatoms. The molecule has 108 valence electrons. The van der Waals surface area contributed by atoms with Crippen LogP contribution in [0.1, 0.15) is 40.0 Å². The molecule has 0 N–H and O–H groups in total. The molecule has 1 fully saturated rings. The Bertz CT molecular complexity index is 215. The zero-order valence-corrected chi connectivity index (χ0v) is 13.2. The second-order valence-corrected chi connectivity index (χ2v) is 8.00. The van der Waals surface area contributed by atoms with E-state index in [1.165, 1.54) is 0 Å². The number of hydrogen-bond donors (Lipinski definition) is 0. The molecule has 0 amide bonds. The third kappa shape index (κ3) is 5.36. The highest BCUT2D eigenvalue weighted by molar-refractivity contribution is 6.67. The molecule has 0 aromatic heterocycles. The summed E-state index contributed by atoms with van der Waals surface area (Å²) in [6, 6.07) is 0. The van der Waals surface area contributed by atoms with Gasteiger partial charge in [0.15, 0.2) is 0 Å². The average molecular weight is 276 g/mol. The van der Waals surface area contributed by atoms with Crippen LogP contribution in [-0.2, 0) is 18.3 Å². The molecule has 0 radical (unpaired) electrons. The smallest absolute Gasteiger partial charge is 0.364 e. The highest BCUT2D eigenvalue weighted by atomic mass is 28.4. The van der Waals surface area contributed by atoms with Crippen LogP contribution in [0.15, 0.2) is 0 Å². The van der Waals surface area contributed by atoms with E-state index in [9.17, 15) is 0 Å². The van der Waals surface area contributed by atoms with E-state index in [4.69, 9.17) is 18.3 Å². The summed E-state index contributed by atoms with van der Waals surface area (Å²) in [6.45, 7) is 11.4. The van der Waals surface area contributed by atoms with Crippen LogP contribution in [0.5, 0.6) is 0 Å². The molecule has 2 unspecified atom stereocenters. The van der Waals surface area contributed by atoms with E-state index in [0.29, 0.717) is 19.3 Å². The van der Waals surface area contributed by atoms with Gasteiger partial charge >= 0.3 is 8.56 Å². The second-order valence-electron chi connectivity index (χ2n) is 4.75. The minimum Gasteiger partial charge on any atom is -0.393 e. The van der Waals surface area contributed by atoms with Gasteiger partial charge in [-0.05, 0) is 39.7 Å². The molecule has 0 bridgehead atoms. The van der Waals surface area contributed by atoms with Gasteiger partial charge in [-0.1, -0.05) is 6.92 Å². The van der Waals surface area contributed by atoms with Crippen LogP contribution in [0.2, 0.25) is 6.55 Å². The van der Waals surface area contributed by atoms with Crippen LogP contribution >= 0.6 is 0 Å². The molecule has 2 atom stereocenters. The molecular weight excluding hydrogens is 248 g/mol. The number of rotatable bonds is 11. The van der Waals surface area contributed by atoms with Crippen LogP contribution in [0.4, 0.5) is 0 Å². The molecule has 18 heavy (non-hydrogen) atoms. The fourth-order valence-corrected chi connectivity index (χ4v) is 4.98. The summed E-state index contributed by atoms with van der Waals surface area (Å²) in [5.74, 6) is 0. The normalized spacial score (nSPS) is 21.0. The average Bonchev–Trinajstić information content (AvgIpc) is 3.13. The van der Waals surface area contributed by atoms with E-state index in [1.54, 1.807) is 0 Å². The molecule has 1 heterocycles. The van der Waals surface area contributed by atoms with Gasteiger partial charge in [-0.25, -0.2) is 0 Å². The summed E-state index contributed by atoms with van der Waals surface area (Å²) in [5, 5.41) is 0. The summed E-state index contributed by atoms with van der Waals surface area (Å²) in [4.78, 5) is 0. The van der Waals surface area contributed by atoms with Crippen LogP contribution in [0.25, 0.3) is 0 Å². The molecule has 0 aromatic rings. The minimum atomic E-state index is -2.19. The summed E-state index contributed by atoms with van der Waals surface area (Å²) in [6.07, 6.45) is 3.61. The standard InChI is InChI=1S/C13H28O4Si/c1-5-13(14-10-8-9-12-11-15-12)18(4,16-6-2)17-7-3/h12-13H,5-11H2,1-4H3. The Morgan fingerprint density at radius 2 is 1.83 bits per heavy atom. The van der Waals surface area contributed by atoms with Crippen molar-refractivity contribution in [2.24, 2.45) is 0 Å². The van der Waals surface area contributed by atoms with Crippen molar-refractivity contribution in [3.8, 4) is 0 Å². The molecule has 0 saturated carbocycles. The van der Waals surface area contributed by atoms with Gasteiger partial charge in [-0.15, -0.1) is 0 Å². The van der Waals surface area contributed by atoms with E-state index >= 15 is 0 Å². The van der Waals surface area contributed by atoms with Gasteiger partial charge in [0.05, 0.1) is 12.7 Å². The van der Waals surface area contributed by atoms with Crippen molar-refractivity contribution in [2.45, 2.75) is 58.4 Å². The van der Waals surface area contributed by atoms with Crippen molar-refractivity contribution in [1.82, 2.24) is 0 Å². The molecule has 0 aliphatic carbocycles. The third-order valence-electron chi connectivity index (χ3n) is 3.21. The zero-order chi connectivity index (χ0) is 13.4. The van der Waals surface area contributed by atoms with Crippen LogP contribution in [-0.4, -0.2) is 46.8 Å². The molecule has 4 nitrogen and oxygen atoms in total. The second kappa shape index (κ2) is 8.27. The molecule has 0 aromatic carbocycles. The molecule has 1 rings (SSSR count). The van der Waals surface area contributed by atoms with Gasteiger partial charge < -0.3 is 18.3 Å². The summed E-state index contributed by atoms with van der Waals surface area (Å²) < 4.78 is 22.9. The maximum Gasteiger partial charge on any atom is 0.364 e. The number of hydrogen-bond acceptors (Lipinski definition) is 4. The zero-order valence-electron chi connectivity index (χ0n) is 12.2. The first-order valence-corrected chi connectivity index (χ1v) is 9.56. The maximum absolute atomic E-state index is 6.00. The number of ether oxygens (including phenoxy) is 2. The monoisotopic (exact) mass is 276 g/mol. The van der Waals surface area contributed by atoms with Gasteiger partial charge in [0.1, 0.15) is 5.73 Å². The predicted molar refractivity (Wildman–Crippen MR) is 73.9 cm³/mol. The molecule has 1 saturated heterocycles. The lowest BCUT2D eigenvalue weighted by atomic mass is 10.3. The Morgan fingerprint density at radius 3 is 2.28 bits per heavy atom. The van der Waals surface area contributed by atoms with Crippen molar-refractivity contribution in [1.29, 1.82) is 0 Å². The molecule has 0 spiro atoms. The van der Waals surface area contributed by atoms with Crippen molar-refractivity contribution >= 4 is 8.56 Å². The van der Waals surface area contributed by atoms with Gasteiger partial charge in [-0.3, -0.25) is 0 Å². The molecular formula is C13H28O4Si. The van der Waals surface area contributed by atoms with E-state index < -0.39 is 8.56 Å².